The summed E-state index contributed by atoms with van der Waals surface area (Å²) in [5, 5.41) is 14.7. The monoisotopic (exact) mass is 510 g/mol. The molecule has 36 heavy (non-hydrogen) atoms. The van der Waals surface area contributed by atoms with Crippen LogP contribution in [0.1, 0.15) is 12.8 Å². The van der Waals surface area contributed by atoms with Gasteiger partial charge in [-0.25, -0.2) is 31.1 Å². The van der Waals surface area contributed by atoms with Gasteiger partial charge < -0.3 is 15.0 Å². The van der Waals surface area contributed by atoms with Crippen LogP contribution < -0.4 is 10.1 Å². The van der Waals surface area contributed by atoms with Crippen molar-refractivity contribution in [2.24, 2.45) is 0 Å². The van der Waals surface area contributed by atoms with Crippen molar-refractivity contribution in [1.82, 2.24) is 34.5 Å². The maximum Gasteiger partial charge on any atom is 0.280 e. The second-order valence-electron chi connectivity index (χ2n) is 8.77. The first-order valence-electron chi connectivity index (χ1n) is 11.2. The number of piperidine rings is 1. The zero-order valence-corrected chi connectivity index (χ0v) is 19.4. The summed E-state index contributed by atoms with van der Waals surface area (Å²) in [5.41, 5.74) is 1.60. The number of likely N-dealkylation sites (tertiary alicyclic amines) is 1. The average Bonchev–Trinajstić information content (AvgIpc) is 3.37. The summed E-state index contributed by atoms with van der Waals surface area (Å²) in [7, 11) is 2.95. The number of anilines is 1. The Morgan fingerprint density at radius 2 is 2.08 bits per heavy atom. The number of rotatable bonds is 7. The summed E-state index contributed by atoms with van der Waals surface area (Å²) in [4.78, 5) is 5.77. The molecule has 1 fully saturated rings. The lowest BCUT2D eigenvalue weighted by molar-refractivity contribution is -0.0675. The largest absolute Gasteiger partial charge is 0.479 e. The molecule has 0 spiro atoms. The molecule has 192 valence electrons. The van der Waals surface area contributed by atoms with E-state index in [1.54, 1.807) is 30.1 Å². The van der Waals surface area contributed by atoms with Gasteiger partial charge in [0.15, 0.2) is 5.82 Å². The summed E-state index contributed by atoms with van der Waals surface area (Å²) in [5.74, 6) is -3.82. The Morgan fingerprint density at radius 3 is 2.81 bits per heavy atom. The fourth-order valence-electron chi connectivity index (χ4n) is 4.45. The van der Waals surface area contributed by atoms with Gasteiger partial charge in [0.1, 0.15) is 11.0 Å². The van der Waals surface area contributed by atoms with Gasteiger partial charge in [-0.1, -0.05) is 11.3 Å². The van der Waals surface area contributed by atoms with Gasteiger partial charge in [0, 0.05) is 19.5 Å². The molecule has 9 nitrogen and oxygen atoms in total. The van der Waals surface area contributed by atoms with E-state index in [4.69, 9.17) is 4.74 Å². The predicted octanol–water partition coefficient (Wildman–Crippen LogP) is 3.70. The van der Waals surface area contributed by atoms with Crippen LogP contribution in [0.25, 0.3) is 27.7 Å². The second-order valence-corrected chi connectivity index (χ2v) is 8.77. The molecule has 0 aliphatic carbocycles. The molecule has 5 rings (SSSR count). The van der Waals surface area contributed by atoms with Crippen LogP contribution in [0.4, 0.5) is 27.9 Å². The molecular weight excluding hydrogens is 487 g/mol. The Hall–Kier alpha value is -3.55. The normalized spacial score (nSPS) is 18.4. The molecule has 1 aliphatic heterocycles. The van der Waals surface area contributed by atoms with Crippen LogP contribution in [0.2, 0.25) is 0 Å². The lowest BCUT2D eigenvalue weighted by atomic mass is 10.0. The van der Waals surface area contributed by atoms with E-state index in [9.17, 15) is 17.6 Å². The molecule has 0 saturated carbocycles. The summed E-state index contributed by atoms with van der Waals surface area (Å²) in [6, 6.07) is 3.60. The van der Waals surface area contributed by atoms with Gasteiger partial charge in [-0.05, 0) is 31.2 Å². The SMILES string of the molecule is COc1nc(N[C@@H]2CCN(C)CC2(F)F)nn2cc(F)c(-c3ccc4nnn(CCC(F)F)c4c3)c12. The minimum absolute atomic E-state index is 0.0212. The fraction of sp³-hybridized carbons (Fsp3) is 0.455. The van der Waals surface area contributed by atoms with Crippen LogP contribution in [0, 0.1) is 5.82 Å². The van der Waals surface area contributed by atoms with E-state index in [0.29, 0.717) is 23.1 Å². The molecule has 1 atom stereocenters. The maximum absolute atomic E-state index is 15.2. The third-order valence-corrected chi connectivity index (χ3v) is 6.20. The molecule has 4 heterocycles. The van der Waals surface area contributed by atoms with Crippen LogP contribution in [0.15, 0.2) is 24.4 Å². The first kappa shape index (κ1) is 24.2. The highest BCUT2D eigenvalue weighted by molar-refractivity contribution is 5.89. The van der Waals surface area contributed by atoms with E-state index >= 15 is 4.39 Å². The third kappa shape index (κ3) is 4.40. The minimum atomic E-state index is -3.01. The van der Waals surface area contributed by atoms with Crippen molar-refractivity contribution in [3.63, 3.8) is 0 Å². The molecule has 1 saturated heterocycles. The molecule has 1 aromatic carbocycles. The smallest absolute Gasteiger partial charge is 0.280 e. The number of aryl methyl sites for hydroxylation is 1. The van der Waals surface area contributed by atoms with Crippen LogP contribution >= 0.6 is 0 Å². The van der Waals surface area contributed by atoms with Gasteiger partial charge >= 0.3 is 0 Å². The molecule has 1 N–H and O–H groups in total. The highest BCUT2D eigenvalue weighted by Crippen LogP contribution is 2.36. The number of benzene rings is 1. The van der Waals surface area contributed by atoms with Gasteiger partial charge in [-0.3, -0.25) is 0 Å². The van der Waals surface area contributed by atoms with E-state index in [2.05, 4.69) is 25.7 Å². The van der Waals surface area contributed by atoms with Crippen molar-refractivity contribution in [3.8, 4) is 17.0 Å². The zero-order chi connectivity index (χ0) is 25.6. The lowest BCUT2D eigenvalue weighted by Crippen LogP contribution is -2.53. The van der Waals surface area contributed by atoms with Crippen molar-refractivity contribution in [3.05, 3.63) is 30.2 Å². The Morgan fingerprint density at radius 1 is 1.28 bits per heavy atom. The van der Waals surface area contributed by atoms with Crippen LogP contribution in [0.5, 0.6) is 5.88 Å². The van der Waals surface area contributed by atoms with Crippen molar-refractivity contribution < 1.29 is 26.7 Å². The summed E-state index contributed by atoms with van der Waals surface area (Å²) < 4.78 is 77.5. The summed E-state index contributed by atoms with van der Waals surface area (Å²) in [6.45, 7) is 0.0113. The molecule has 3 aromatic heterocycles. The molecular formula is C22H23F5N8O. The maximum atomic E-state index is 15.2. The van der Waals surface area contributed by atoms with E-state index in [1.165, 1.54) is 16.3 Å². The molecule has 4 aromatic rings. The van der Waals surface area contributed by atoms with Gasteiger partial charge in [0.25, 0.3) is 5.92 Å². The number of hydrogen-bond donors (Lipinski definition) is 1. The number of nitrogens with zero attached hydrogens (tertiary/aromatic N) is 7. The summed E-state index contributed by atoms with van der Waals surface area (Å²) >= 11 is 0. The number of aromatic nitrogens is 6. The summed E-state index contributed by atoms with van der Waals surface area (Å²) in [6.07, 6.45) is -1.63. The van der Waals surface area contributed by atoms with Crippen molar-refractivity contribution in [1.29, 1.82) is 0 Å². The highest BCUT2D eigenvalue weighted by atomic mass is 19.3. The molecule has 0 unspecified atom stereocenters. The number of methoxy groups -OCH3 is 1. The van der Waals surface area contributed by atoms with Gasteiger partial charge in [-0.15, -0.1) is 10.2 Å². The number of ether oxygens (including phenoxy) is 1. The Bertz CT molecular complexity index is 1400. The Kier molecular flexibility index (Phi) is 6.14. The number of fused-ring (bicyclic) bond motifs is 2. The molecule has 0 radical (unpaired) electrons. The van der Waals surface area contributed by atoms with Crippen molar-refractivity contribution in [2.45, 2.75) is 37.8 Å². The minimum Gasteiger partial charge on any atom is -0.479 e. The Balaban J connectivity index is 1.54. The molecule has 14 heteroatoms. The van der Waals surface area contributed by atoms with E-state index in [-0.39, 0.29) is 35.9 Å². The van der Waals surface area contributed by atoms with Gasteiger partial charge in [0.2, 0.25) is 18.3 Å². The first-order valence-corrected chi connectivity index (χ1v) is 11.2. The quantitative estimate of drug-likeness (QED) is 0.380. The van der Waals surface area contributed by atoms with E-state index in [0.717, 1.165) is 6.20 Å². The second kappa shape index (κ2) is 9.15. The Labute approximate surface area is 201 Å². The number of hydrogen-bond acceptors (Lipinski definition) is 7. The van der Waals surface area contributed by atoms with E-state index in [1.807, 2.05) is 0 Å². The lowest BCUT2D eigenvalue weighted by Gasteiger charge is -2.36. The third-order valence-electron chi connectivity index (χ3n) is 6.20. The highest BCUT2D eigenvalue weighted by Gasteiger charge is 2.44. The van der Waals surface area contributed by atoms with Gasteiger partial charge in [-0.2, -0.15) is 4.98 Å². The van der Waals surface area contributed by atoms with Crippen LogP contribution in [-0.2, 0) is 6.54 Å². The average molecular weight is 510 g/mol. The topological polar surface area (TPSA) is 85.4 Å². The zero-order valence-electron chi connectivity index (χ0n) is 19.4. The van der Waals surface area contributed by atoms with Crippen LogP contribution in [0.3, 0.4) is 0 Å². The fourth-order valence-corrected chi connectivity index (χ4v) is 4.45. The van der Waals surface area contributed by atoms with Crippen molar-refractivity contribution >= 4 is 22.5 Å². The van der Waals surface area contributed by atoms with Crippen molar-refractivity contribution in [2.75, 3.05) is 32.6 Å². The molecule has 0 bridgehead atoms. The number of nitrogens with one attached hydrogen (secondary N) is 1. The number of halogens is 5. The van der Waals surface area contributed by atoms with E-state index < -0.39 is 37.2 Å². The van der Waals surface area contributed by atoms with Gasteiger partial charge in [0.05, 0.1) is 37.0 Å². The molecule has 1 aliphatic rings. The first-order chi connectivity index (χ1) is 17.2. The standard InChI is InChI=1S/C22H23F5N8O/c1-33-7-5-16(22(26,27)11-33)28-21-29-20(36-2)19-18(13(23)10-35(19)31-21)12-3-4-14-15(9-12)34(32-30-14)8-6-17(24)25/h3-4,9-10,16-17H,5-8,11H2,1-2H3,(H,28,31)/t16-/m1/s1. The molecule has 0 amide bonds. The predicted molar refractivity (Wildman–Crippen MR) is 121 cm³/mol. The van der Waals surface area contributed by atoms with Crippen LogP contribution in [-0.4, -0.2) is 80.1 Å². The number of alkyl halides is 4.